The van der Waals surface area contributed by atoms with E-state index in [2.05, 4.69) is 35.9 Å². The third kappa shape index (κ3) is 5.90. The molecule has 0 fully saturated rings. The lowest BCUT2D eigenvalue weighted by Gasteiger charge is -1.91. The molecule has 2 nitrogen and oxygen atoms in total. The molecule has 0 unspecified atom stereocenters. The van der Waals surface area contributed by atoms with Gasteiger partial charge in [-0.1, -0.05) is 36.4 Å². The van der Waals surface area contributed by atoms with E-state index in [0.29, 0.717) is 0 Å². The van der Waals surface area contributed by atoms with Crippen molar-refractivity contribution in [3.05, 3.63) is 60.7 Å². The van der Waals surface area contributed by atoms with Crippen LogP contribution < -0.4 is 0 Å². The molecular formula is C16H14N2. The van der Waals surface area contributed by atoms with Crippen LogP contribution in [0.3, 0.4) is 0 Å². The van der Waals surface area contributed by atoms with E-state index in [1.807, 2.05) is 60.7 Å². The number of hydrogen-bond acceptors (Lipinski definition) is 2. The van der Waals surface area contributed by atoms with E-state index in [9.17, 15) is 0 Å². The predicted octanol–water partition coefficient (Wildman–Crippen LogP) is 4.60. The van der Waals surface area contributed by atoms with Gasteiger partial charge in [0.2, 0.25) is 0 Å². The van der Waals surface area contributed by atoms with E-state index in [0.717, 1.165) is 11.4 Å². The molecule has 0 saturated carbocycles. The fourth-order valence-corrected chi connectivity index (χ4v) is 1.10. The van der Waals surface area contributed by atoms with Gasteiger partial charge in [0.05, 0.1) is 11.4 Å². The Morgan fingerprint density at radius 2 is 0.778 bits per heavy atom. The Kier molecular flexibility index (Phi) is 8.99. The smallest absolute Gasteiger partial charge is 0.0857 e. The van der Waals surface area contributed by atoms with Gasteiger partial charge in [0.1, 0.15) is 0 Å². The summed E-state index contributed by atoms with van der Waals surface area (Å²) in [6.45, 7) is 0. The minimum atomic E-state index is 0.872. The van der Waals surface area contributed by atoms with Crippen LogP contribution in [0.5, 0.6) is 0 Å². The van der Waals surface area contributed by atoms with Crippen molar-refractivity contribution >= 4 is 11.4 Å². The maximum absolute atomic E-state index is 4.10. The fraction of sp³-hybridized carbons (Fsp3) is 0. The van der Waals surface area contributed by atoms with Gasteiger partial charge in [0.25, 0.3) is 0 Å². The third-order valence-electron chi connectivity index (χ3n) is 1.79. The minimum absolute atomic E-state index is 0.872. The van der Waals surface area contributed by atoms with Gasteiger partial charge >= 0.3 is 0 Å². The highest BCUT2D eigenvalue weighted by Crippen LogP contribution is 2.16. The molecule has 2 aromatic rings. The number of azo groups is 1. The highest BCUT2D eigenvalue weighted by Gasteiger charge is 1.86. The molecule has 0 aromatic heterocycles. The molecule has 0 aliphatic heterocycles. The number of nitrogens with zero attached hydrogens (tertiary/aromatic N) is 2. The highest BCUT2D eigenvalue weighted by atomic mass is 15.1. The first kappa shape index (κ1) is 15.2. The molecule has 88 valence electrons. The first-order chi connectivity index (χ1) is 8.95. The molecule has 0 N–H and O–H groups in total. The summed E-state index contributed by atoms with van der Waals surface area (Å²) in [7, 11) is 0. The van der Waals surface area contributed by atoms with Crippen molar-refractivity contribution in [1.82, 2.24) is 0 Å². The Labute approximate surface area is 108 Å². The average Bonchev–Trinajstić information content (AvgIpc) is 2.51. The maximum atomic E-state index is 4.10. The predicted molar refractivity (Wildman–Crippen MR) is 76.8 cm³/mol. The van der Waals surface area contributed by atoms with Crippen LogP contribution in [-0.4, -0.2) is 0 Å². The molecule has 0 bridgehead atoms. The Balaban J connectivity index is 0.000000659. The van der Waals surface area contributed by atoms with Gasteiger partial charge in [0.15, 0.2) is 0 Å². The first-order valence-electron chi connectivity index (χ1n) is 5.14. The van der Waals surface area contributed by atoms with Gasteiger partial charge in [-0.15, -0.1) is 25.7 Å². The normalized spacial score (nSPS) is 8.44. The zero-order valence-electron chi connectivity index (χ0n) is 9.98. The van der Waals surface area contributed by atoms with Crippen LogP contribution in [0.1, 0.15) is 0 Å². The van der Waals surface area contributed by atoms with E-state index in [1.54, 1.807) is 0 Å². The molecule has 2 rings (SSSR count). The number of hydrogen-bond donors (Lipinski definition) is 0. The van der Waals surface area contributed by atoms with Crippen molar-refractivity contribution in [2.24, 2.45) is 10.2 Å². The van der Waals surface area contributed by atoms with E-state index in [-0.39, 0.29) is 0 Å². The second-order valence-electron chi connectivity index (χ2n) is 2.87. The van der Waals surface area contributed by atoms with Gasteiger partial charge in [-0.3, -0.25) is 0 Å². The third-order valence-corrected chi connectivity index (χ3v) is 1.79. The summed E-state index contributed by atoms with van der Waals surface area (Å²) in [6, 6.07) is 19.4. The van der Waals surface area contributed by atoms with Crippen LogP contribution >= 0.6 is 0 Å². The van der Waals surface area contributed by atoms with E-state index >= 15 is 0 Å². The van der Waals surface area contributed by atoms with E-state index in [4.69, 9.17) is 0 Å². The van der Waals surface area contributed by atoms with Crippen LogP contribution in [0.25, 0.3) is 0 Å². The molecule has 18 heavy (non-hydrogen) atoms. The maximum Gasteiger partial charge on any atom is 0.0857 e. The van der Waals surface area contributed by atoms with Gasteiger partial charge in [0, 0.05) is 0 Å². The first-order valence-corrected chi connectivity index (χ1v) is 5.14. The van der Waals surface area contributed by atoms with Gasteiger partial charge in [-0.05, 0) is 24.3 Å². The molecular weight excluding hydrogens is 220 g/mol. The lowest BCUT2D eigenvalue weighted by Crippen LogP contribution is -1.62. The quantitative estimate of drug-likeness (QED) is 0.536. The van der Waals surface area contributed by atoms with Crippen molar-refractivity contribution in [2.75, 3.05) is 0 Å². The molecule has 2 aromatic carbocycles. The average molecular weight is 234 g/mol. The zero-order valence-corrected chi connectivity index (χ0v) is 9.98. The molecule has 0 spiro atoms. The van der Waals surface area contributed by atoms with E-state index < -0.39 is 0 Å². The number of benzene rings is 2. The molecule has 2 heteroatoms. The molecule has 0 heterocycles. The monoisotopic (exact) mass is 234 g/mol. The van der Waals surface area contributed by atoms with Crippen LogP contribution in [0.15, 0.2) is 70.9 Å². The van der Waals surface area contributed by atoms with Crippen molar-refractivity contribution < 1.29 is 0 Å². The SMILES string of the molecule is C#C.C#C.c1ccc(N=Nc2ccccc2)cc1. The highest BCUT2D eigenvalue weighted by molar-refractivity contribution is 5.39. The number of rotatable bonds is 2. The van der Waals surface area contributed by atoms with Crippen molar-refractivity contribution in [2.45, 2.75) is 0 Å². The molecule has 0 amide bonds. The standard InChI is InChI=1S/C12H10N2.2C2H2/c1-3-7-11(8-4-1)13-14-12-9-5-2-6-10-12;2*1-2/h1-10H;2*1-2H. The van der Waals surface area contributed by atoms with Gasteiger partial charge in [-0.25, -0.2) is 0 Å². The second-order valence-corrected chi connectivity index (χ2v) is 2.87. The Hall–Kier alpha value is -2.84. The largest absolute Gasteiger partial charge is 0.151 e. The van der Waals surface area contributed by atoms with E-state index in [1.165, 1.54) is 0 Å². The van der Waals surface area contributed by atoms with Crippen molar-refractivity contribution in [3.8, 4) is 25.7 Å². The lowest BCUT2D eigenvalue weighted by molar-refractivity contribution is 1.23. The Morgan fingerprint density at radius 3 is 1.06 bits per heavy atom. The summed E-state index contributed by atoms with van der Waals surface area (Å²) in [5.74, 6) is 0. The van der Waals surface area contributed by atoms with Crippen LogP contribution in [0.2, 0.25) is 0 Å². The fourth-order valence-electron chi connectivity index (χ4n) is 1.10. The Bertz CT molecular complexity index is 434. The summed E-state index contributed by atoms with van der Waals surface area (Å²) in [5.41, 5.74) is 1.74. The van der Waals surface area contributed by atoms with Crippen molar-refractivity contribution in [1.29, 1.82) is 0 Å². The van der Waals surface area contributed by atoms with Crippen molar-refractivity contribution in [3.63, 3.8) is 0 Å². The van der Waals surface area contributed by atoms with Crippen LogP contribution in [0, 0.1) is 25.7 Å². The second kappa shape index (κ2) is 10.7. The van der Waals surface area contributed by atoms with Gasteiger partial charge < -0.3 is 0 Å². The van der Waals surface area contributed by atoms with Crippen LogP contribution in [0.4, 0.5) is 11.4 Å². The molecule has 0 aliphatic rings. The minimum Gasteiger partial charge on any atom is -0.151 e. The summed E-state index contributed by atoms with van der Waals surface area (Å²) in [5, 5.41) is 8.20. The molecule has 0 radical (unpaired) electrons. The number of terminal acetylenes is 2. The summed E-state index contributed by atoms with van der Waals surface area (Å²) >= 11 is 0. The lowest BCUT2D eigenvalue weighted by atomic mass is 10.3. The zero-order chi connectivity index (χ0) is 13.6. The summed E-state index contributed by atoms with van der Waals surface area (Å²) < 4.78 is 0. The molecule has 0 aliphatic carbocycles. The molecule has 0 atom stereocenters. The topological polar surface area (TPSA) is 24.7 Å². The Morgan fingerprint density at radius 1 is 0.500 bits per heavy atom. The van der Waals surface area contributed by atoms with Crippen LogP contribution in [-0.2, 0) is 0 Å². The summed E-state index contributed by atoms with van der Waals surface area (Å²) in [4.78, 5) is 0. The van der Waals surface area contributed by atoms with Gasteiger partial charge in [-0.2, -0.15) is 10.2 Å². The molecule has 0 saturated heterocycles. The summed E-state index contributed by atoms with van der Waals surface area (Å²) in [6.07, 6.45) is 16.0.